The van der Waals surface area contributed by atoms with E-state index in [4.69, 9.17) is 4.98 Å². The fourth-order valence-electron chi connectivity index (χ4n) is 3.55. The number of hydrogen-bond donors (Lipinski definition) is 1. The van der Waals surface area contributed by atoms with E-state index in [2.05, 4.69) is 23.3 Å². The molecule has 1 aromatic heterocycles. The lowest BCUT2D eigenvalue weighted by molar-refractivity contribution is -0.130. The van der Waals surface area contributed by atoms with Gasteiger partial charge in [0.2, 0.25) is 11.9 Å². The van der Waals surface area contributed by atoms with Crippen molar-refractivity contribution in [3.63, 3.8) is 0 Å². The zero-order chi connectivity index (χ0) is 18.6. The summed E-state index contributed by atoms with van der Waals surface area (Å²) in [6, 6.07) is 16.3. The van der Waals surface area contributed by atoms with Gasteiger partial charge >= 0.3 is 0 Å². The van der Waals surface area contributed by atoms with Crippen LogP contribution in [0.15, 0.2) is 48.5 Å². The minimum atomic E-state index is 0.114. The van der Waals surface area contributed by atoms with Gasteiger partial charge in [-0.1, -0.05) is 42.0 Å². The van der Waals surface area contributed by atoms with E-state index in [-0.39, 0.29) is 12.5 Å². The molecule has 1 aliphatic rings. The summed E-state index contributed by atoms with van der Waals surface area (Å²) in [5.41, 5.74) is 3.98. The molecule has 2 heterocycles. The normalized spacial score (nSPS) is 14.3. The van der Waals surface area contributed by atoms with Crippen LogP contribution in [0.2, 0.25) is 0 Å². The van der Waals surface area contributed by atoms with Gasteiger partial charge in [0.25, 0.3) is 0 Å². The molecule has 1 fully saturated rings. The first-order chi connectivity index (χ1) is 13.2. The number of hydrogen-bond acceptors (Lipinski definition) is 4. The highest BCUT2D eigenvalue weighted by Gasteiger charge is 2.17. The summed E-state index contributed by atoms with van der Waals surface area (Å²) in [4.78, 5) is 23.7. The molecule has 1 amide bonds. The molecule has 5 nitrogen and oxygen atoms in total. The minimum absolute atomic E-state index is 0.114. The van der Waals surface area contributed by atoms with Crippen LogP contribution in [-0.2, 0) is 4.79 Å². The second-order valence-corrected chi connectivity index (χ2v) is 7.08. The van der Waals surface area contributed by atoms with E-state index in [1.807, 2.05) is 47.4 Å². The Hall–Kier alpha value is -2.95. The van der Waals surface area contributed by atoms with E-state index in [1.54, 1.807) is 0 Å². The number of carbonyl (C=O) groups excluding carboxylic acids is 1. The predicted molar refractivity (Wildman–Crippen MR) is 109 cm³/mol. The van der Waals surface area contributed by atoms with Crippen LogP contribution in [0.5, 0.6) is 0 Å². The molecule has 1 N–H and O–H groups in total. The van der Waals surface area contributed by atoms with Crippen LogP contribution < -0.4 is 5.32 Å². The predicted octanol–water partition coefficient (Wildman–Crippen LogP) is 4.03. The maximum absolute atomic E-state index is 12.4. The first-order valence-electron chi connectivity index (χ1n) is 9.56. The Bertz CT molecular complexity index is 949. The van der Waals surface area contributed by atoms with Gasteiger partial charge < -0.3 is 10.2 Å². The van der Waals surface area contributed by atoms with Gasteiger partial charge in [0.1, 0.15) is 0 Å². The van der Waals surface area contributed by atoms with Gasteiger partial charge in [-0.2, -0.15) is 0 Å². The largest absolute Gasteiger partial charge is 0.345 e. The quantitative estimate of drug-likeness (QED) is 0.763. The van der Waals surface area contributed by atoms with Gasteiger partial charge in [-0.3, -0.25) is 4.79 Å². The molecule has 4 rings (SSSR count). The van der Waals surface area contributed by atoms with Gasteiger partial charge in [0, 0.05) is 24.0 Å². The average Bonchev–Trinajstić information content (AvgIpc) is 2.73. The molecule has 0 radical (unpaired) electrons. The lowest BCUT2D eigenvalue weighted by atomic mass is 10.0. The number of likely N-dealkylation sites (tertiary alicyclic amines) is 1. The smallest absolute Gasteiger partial charge is 0.241 e. The molecule has 27 heavy (non-hydrogen) atoms. The van der Waals surface area contributed by atoms with E-state index in [0.29, 0.717) is 5.95 Å². The lowest BCUT2D eigenvalue weighted by Gasteiger charge is -2.26. The van der Waals surface area contributed by atoms with Crippen molar-refractivity contribution in [2.45, 2.75) is 26.2 Å². The number of carbonyl (C=O) groups is 1. The lowest BCUT2D eigenvalue weighted by Crippen LogP contribution is -2.39. The summed E-state index contributed by atoms with van der Waals surface area (Å²) in [5, 5.41) is 4.17. The molecule has 5 heteroatoms. The summed E-state index contributed by atoms with van der Waals surface area (Å²) < 4.78 is 0. The van der Waals surface area contributed by atoms with Gasteiger partial charge in [-0.15, -0.1) is 0 Å². The second kappa shape index (κ2) is 7.74. The molecule has 0 spiro atoms. The summed E-state index contributed by atoms with van der Waals surface area (Å²) in [6.45, 7) is 4.00. The summed E-state index contributed by atoms with van der Waals surface area (Å²) >= 11 is 0. The second-order valence-electron chi connectivity index (χ2n) is 7.08. The monoisotopic (exact) mass is 360 g/mol. The topological polar surface area (TPSA) is 58.1 Å². The van der Waals surface area contributed by atoms with Crippen LogP contribution in [0, 0.1) is 6.92 Å². The molecule has 0 saturated carbocycles. The zero-order valence-corrected chi connectivity index (χ0v) is 15.6. The standard InChI is InChI=1S/C22H24N4O/c1-16-10-11-19-18(14-16)21(17-8-4-2-5-9-17)25-22(24-19)23-15-20(27)26-12-6-3-7-13-26/h2,4-5,8-11,14H,3,6-7,12-13,15H2,1H3,(H,23,24,25). The van der Waals surface area contributed by atoms with Crippen molar-refractivity contribution in [3.05, 3.63) is 54.1 Å². The number of fused-ring (bicyclic) bond motifs is 1. The van der Waals surface area contributed by atoms with Crippen LogP contribution in [0.1, 0.15) is 24.8 Å². The molecule has 2 aromatic carbocycles. The Labute approximate surface area is 159 Å². The van der Waals surface area contributed by atoms with Crippen LogP contribution in [-0.4, -0.2) is 40.4 Å². The first-order valence-corrected chi connectivity index (χ1v) is 9.56. The van der Waals surface area contributed by atoms with Crippen LogP contribution in [0.25, 0.3) is 22.2 Å². The first kappa shape index (κ1) is 17.5. The van der Waals surface area contributed by atoms with Gasteiger partial charge in [0.05, 0.1) is 17.8 Å². The minimum Gasteiger partial charge on any atom is -0.345 e. The Morgan fingerprint density at radius 2 is 1.81 bits per heavy atom. The van der Waals surface area contributed by atoms with E-state index in [0.717, 1.165) is 48.1 Å². The Morgan fingerprint density at radius 3 is 2.59 bits per heavy atom. The number of nitrogens with zero attached hydrogens (tertiary/aromatic N) is 3. The SMILES string of the molecule is Cc1ccc2nc(NCC(=O)N3CCCCC3)nc(-c3ccccc3)c2c1. The number of aromatic nitrogens is 2. The van der Waals surface area contributed by atoms with Crippen LogP contribution in [0.3, 0.4) is 0 Å². The Balaban J connectivity index is 1.63. The van der Waals surface area contributed by atoms with Crippen molar-refractivity contribution in [2.75, 3.05) is 25.0 Å². The molecule has 0 unspecified atom stereocenters. The number of nitrogens with one attached hydrogen (secondary N) is 1. The van der Waals surface area contributed by atoms with Crippen molar-refractivity contribution in [2.24, 2.45) is 0 Å². The summed E-state index contributed by atoms with van der Waals surface area (Å²) in [5.74, 6) is 0.610. The molecule has 3 aromatic rings. The van der Waals surface area contributed by atoms with Crippen molar-refractivity contribution in [1.29, 1.82) is 0 Å². The van der Waals surface area contributed by atoms with Crippen LogP contribution in [0.4, 0.5) is 5.95 Å². The maximum atomic E-state index is 12.4. The fraction of sp³-hybridized carbons (Fsp3) is 0.318. The molecule has 1 aliphatic heterocycles. The Kier molecular flexibility index (Phi) is 5.01. The van der Waals surface area contributed by atoms with Gasteiger partial charge in [-0.05, 0) is 38.3 Å². The average molecular weight is 360 g/mol. The van der Waals surface area contributed by atoms with E-state index in [1.165, 1.54) is 12.0 Å². The molecule has 1 saturated heterocycles. The molecule has 0 bridgehead atoms. The van der Waals surface area contributed by atoms with E-state index >= 15 is 0 Å². The number of anilines is 1. The maximum Gasteiger partial charge on any atom is 0.241 e. The van der Waals surface area contributed by atoms with E-state index in [9.17, 15) is 4.79 Å². The zero-order valence-electron chi connectivity index (χ0n) is 15.6. The van der Waals surface area contributed by atoms with Crippen molar-refractivity contribution in [1.82, 2.24) is 14.9 Å². The van der Waals surface area contributed by atoms with Crippen LogP contribution >= 0.6 is 0 Å². The fourth-order valence-corrected chi connectivity index (χ4v) is 3.55. The highest BCUT2D eigenvalue weighted by atomic mass is 16.2. The third-order valence-corrected chi connectivity index (χ3v) is 5.00. The number of aryl methyl sites for hydroxylation is 1. The number of amides is 1. The third kappa shape index (κ3) is 3.92. The summed E-state index contributed by atoms with van der Waals surface area (Å²) in [7, 11) is 0. The molecule has 0 atom stereocenters. The Morgan fingerprint density at radius 1 is 1.04 bits per heavy atom. The van der Waals surface area contributed by atoms with Gasteiger partial charge in [-0.25, -0.2) is 9.97 Å². The summed E-state index contributed by atoms with van der Waals surface area (Å²) in [6.07, 6.45) is 3.40. The molecule has 138 valence electrons. The number of benzene rings is 2. The number of rotatable bonds is 4. The highest BCUT2D eigenvalue weighted by molar-refractivity contribution is 5.93. The number of piperidine rings is 1. The third-order valence-electron chi connectivity index (χ3n) is 5.00. The van der Waals surface area contributed by atoms with Crippen molar-refractivity contribution >= 4 is 22.8 Å². The highest BCUT2D eigenvalue weighted by Crippen LogP contribution is 2.28. The van der Waals surface area contributed by atoms with Gasteiger partial charge in [0.15, 0.2) is 0 Å². The van der Waals surface area contributed by atoms with Crippen molar-refractivity contribution in [3.8, 4) is 11.3 Å². The molecular formula is C22H24N4O. The molecule has 0 aliphatic carbocycles. The van der Waals surface area contributed by atoms with E-state index < -0.39 is 0 Å². The molecular weight excluding hydrogens is 336 g/mol. The van der Waals surface area contributed by atoms with Crippen molar-refractivity contribution < 1.29 is 4.79 Å².